The van der Waals surface area contributed by atoms with Gasteiger partial charge in [-0.2, -0.15) is 0 Å². The van der Waals surface area contributed by atoms with E-state index < -0.39 is 77.0 Å². The van der Waals surface area contributed by atoms with Gasteiger partial charge in [-0.05, 0) is 113 Å². The first-order chi connectivity index (χ1) is 32.3. The van der Waals surface area contributed by atoms with Gasteiger partial charge >= 0.3 is 0 Å². The maximum atomic E-state index is 14.7. The highest BCUT2D eigenvalue weighted by Gasteiger charge is 2.73. The number of piperidine rings is 1. The summed E-state index contributed by atoms with van der Waals surface area (Å²) in [5.41, 5.74) is 5.75. The molecular formula is C54H84N2O12. The Morgan fingerprint density at radius 1 is 0.882 bits per heavy atom. The van der Waals surface area contributed by atoms with Gasteiger partial charge in [-0.1, -0.05) is 71.1 Å². The van der Waals surface area contributed by atoms with Crippen LogP contribution in [0.5, 0.6) is 0 Å². The maximum Gasteiger partial charge on any atom is 0.296 e. The van der Waals surface area contributed by atoms with E-state index in [0.29, 0.717) is 70.1 Å². The average molecular weight is 953 g/mol. The number of fused-ring (bicyclic) bond motifs is 2. The number of ketones is 4. The summed E-state index contributed by atoms with van der Waals surface area (Å²) in [7, 11) is 4.68. The molecule has 2 bridgehead atoms. The number of ether oxygens (including phenoxy) is 5. The molecule has 3 aliphatic heterocycles. The number of carbonyl (C=O) groups excluding carboxylic acids is 5. The SMILES string of the molecule is CO[C@H]1CC2CC[C@@H](C)[C@@](O)(O2)C(=O)C(=O)N2CCCC[C@@]23C(=O)C3[C@H]([C@H](C)C[C@@H]2CC[C@@H](OCCN)[C@H](OC)C2)CC(=O)[C@H](C)/C=C(\C)[C@@H](O)[C@@H](OC)C(=O)[C@@H](C)C[C@H](C)/C=C/C=C/C=C/1C. The van der Waals surface area contributed by atoms with Crippen LogP contribution in [-0.2, 0) is 47.7 Å². The van der Waals surface area contributed by atoms with Crippen molar-refractivity contribution >= 4 is 29.0 Å². The number of aliphatic hydroxyl groups excluding tert-OH is 1. The monoisotopic (exact) mass is 953 g/mol. The zero-order chi connectivity index (χ0) is 50.1. The Hall–Kier alpha value is -3.21. The first-order valence-electron chi connectivity index (χ1n) is 25.4. The topological polar surface area (TPSA) is 201 Å². The lowest BCUT2D eigenvalue weighted by molar-refractivity contribution is -0.265. The fourth-order valence-corrected chi connectivity index (χ4v) is 12.0. The molecule has 0 aromatic rings. The van der Waals surface area contributed by atoms with Crippen molar-refractivity contribution < 1.29 is 57.9 Å². The van der Waals surface area contributed by atoms with E-state index in [9.17, 15) is 34.2 Å². The summed E-state index contributed by atoms with van der Waals surface area (Å²) >= 11 is 0. The van der Waals surface area contributed by atoms with Crippen molar-refractivity contribution in [3.8, 4) is 0 Å². The molecule has 14 heteroatoms. The molecule has 1 amide bonds. The summed E-state index contributed by atoms with van der Waals surface area (Å²) in [4.78, 5) is 73.7. The highest BCUT2D eigenvalue weighted by molar-refractivity contribution is 6.40. The number of hydrogen-bond acceptors (Lipinski definition) is 13. The summed E-state index contributed by atoms with van der Waals surface area (Å²) in [6.07, 6.45) is 14.2. The van der Waals surface area contributed by atoms with E-state index in [-0.39, 0.29) is 60.3 Å². The number of allylic oxidation sites excluding steroid dienone is 6. The summed E-state index contributed by atoms with van der Waals surface area (Å²) in [5.74, 6) is -7.91. The van der Waals surface area contributed by atoms with Crippen LogP contribution in [0.25, 0.3) is 0 Å². The van der Waals surface area contributed by atoms with Gasteiger partial charge in [0.15, 0.2) is 11.6 Å². The summed E-state index contributed by atoms with van der Waals surface area (Å²) in [5, 5.41) is 23.7. The fraction of sp³-hybridized carbons (Fsp3) is 0.759. The lowest BCUT2D eigenvalue weighted by Gasteiger charge is -2.43. The third-order valence-corrected chi connectivity index (χ3v) is 16.2. The molecule has 0 aromatic heterocycles. The lowest BCUT2D eigenvalue weighted by atomic mass is 9.73. The molecule has 2 saturated carbocycles. The number of hydrogen-bond donors (Lipinski definition) is 3. The van der Waals surface area contributed by atoms with Gasteiger partial charge in [0.1, 0.15) is 23.5 Å². The zero-order valence-electron chi connectivity index (χ0n) is 42.7. The van der Waals surface area contributed by atoms with Crippen LogP contribution >= 0.6 is 0 Å². The first-order valence-corrected chi connectivity index (χ1v) is 25.4. The number of aliphatic hydroxyl groups is 2. The van der Waals surface area contributed by atoms with Crippen LogP contribution in [0.1, 0.15) is 126 Å². The van der Waals surface area contributed by atoms with Crippen LogP contribution in [-0.4, -0.2) is 133 Å². The van der Waals surface area contributed by atoms with Gasteiger partial charge in [0.25, 0.3) is 11.7 Å². The lowest BCUT2D eigenvalue weighted by Crippen LogP contribution is -2.61. The normalized spacial score (nSPS) is 41.8. The second kappa shape index (κ2) is 24.8. The largest absolute Gasteiger partial charge is 0.386 e. The molecule has 2 aliphatic carbocycles. The van der Waals surface area contributed by atoms with Crippen LogP contribution in [0.4, 0.5) is 0 Å². The Morgan fingerprint density at radius 3 is 2.29 bits per heavy atom. The van der Waals surface area contributed by atoms with E-state index in [1.54, 1.807) is 41.1 Å². The van der Waals surface area contributed by atoms with Crippen LogP contribution in [0, 0.1) is 47.3 Å². The van der Waals surface area contributed by atoms with E-state index in [4.69, 9.17) is 29.4 Å². The molecule has 16 atom stereocenters. The fourth-order valence-electron chi connectivity index (χ4n) is 12.0. The molecule has 68 heavy (non-hydrogen) atoms. The molecule has 0 aromatic carbocycles. The van der Waals surface area contributed by atoms with Gasteiger partial charge in [0.05, 0.1) is 36.9 Å². The van der Waals surface area contributed by atoms with E-state index in [1.807, 2.05) is 51.2 Å². The number of Topliss-reactive ketones (excluding diaryl/α,β-unsaturated/α-hetero) is 4. The molecule has 5 rings (SSSR count). The Bertz CT molecular complexity index is 1890. The smallest absolute Gasteiger partial charge is 0.296 e. The second-order valence-electron chi connectivity index (χ2n) is 21.1. The molecule has 382 valence electrons. The van der Waals surface area contributed by atoms with Crippen molar-refractivity contribution in [2.24, 2.45) is 53.1 Å². The third kappa shape index (κ3) is 12.6. The summed E-state index contributed by atoms with van der Waals surface area (Å²) in [6, 6.07) is 0. The van der Waals surface area contributed by atoms with Crippen LogP contribution in [0.2, 0.25) is 0 Å². The Labute approximate surface area is 405 Å². The highest BCUT2D eigenvalue weighted by atomic mass is 16.6. The minimum atomic E-state index is -2.41. The van der Waals surface area contributed by atoms with Crippen molar-refractivity contribution in [3.63, 3.8) is 0 Å². The van der Waals surface area contributed by atoms with Crippen molar-refractivity contribution in [3.05, 3.63) is 47.6 Å². The second-order valence-corrected chi connectivity index (χ2v) is 21.1. The van der Waals surface area contributed by atoms with Crippen molar-refractivity contribution in [2.75, 3.05) is 41.0 Å². The van der Waals surface area contributed by atoms with E-state index >= 15 is 0 Å². The van der Waals surface area contributed by atoms with Crippen molar-refractivity contribution in [1.82, 2.24) is 4.90 Å². The van der Waals surface area contributed by atoms with Gasteiger partial charge in [-0.25, -0.2) is 0 Å². The molecule has 2 saturated heterocycles. The number of nitrogens with two attached hydrogens (primary N) is 1. The Kier molecular flexibility index (Phi) is 20.3. The third-order valence-electron chi connectivity index (χ3n) is 16.2. The zero-order valence-corrected chi connectivity index (χ0v) is 42.7. The molecule has 0 radical (unpaired) electrons. The van der Waals surface area contributed by atoms with Gasteiger partial charge in [0.2, 0.25) is 5.79 Å². The molecule has 3 heterocycles. The number of rotatable bonds is 9. The van der Waals surface area contributed by atoms with Crippen molar-refractivity contribution in [2.45, 2.75) is 173 Å². The van der Waals surface area contributed by atoms with Crippen molar-refractivity contribution in [1.29, 1.82) is 0 Å². The van der Waals surface area contributed by atoms with Crippen LogP contribution < -0.4 is 5.73 Å². The van der Waals surface area contributed by atoms with Gasteiger partial charge in [-0.15, -0.1) is 0 Å². The highest BCUT2D eigenvalue weighted by Crippen LogP contribution is 2.57. The molecule has 5 aliphatic rings. The maximum absolute atomic E-state index is 14.7. The number of methoxy groups -OCH3 is 3. The Morgan fingerprint density at radius 2 is 1.62 bits per heavy atom. The van der Waals surface area contributed by atoms with Crippen LogP contribution in [0.15, 0.2) is 47.6 Å². The van der Waals surface area contributed by atoms with E-state index in [0.717, 1.165) is 24.8 Å². The molecule has 4 fully saturated rings. The minimum absolute atomic E-state index is 0.0174. The molecule has 14 nitrogen and oxygen atoms in total. The van der Waals surface area contributed by atoms with E-state index in [1.165, 1.54) is 12.0 Å². The summed E-state index contributed by atoms with van der Waals surface area (Å²) < 4.78 is 29.7. The molecule has 4 N–H and O–H groups in total. The summed E-state index contributed by atoms with van der Waals surface area (Å²) in [6.45, 7) is 14.0. The number of nitrogens with zero attached hydrogens (tertiary/aromatic N) is 1. The van der Waals surface area contributed by atoms with Gasteiger partial charge in [-0.3, -0.25) is 24.0 Å². The minimum Gasteiger partial charge on any atom is -0.386 e. The predicted molar refractivity (Wildman–Crippen MR) is 259 cm³/mol. The first kappa shape index (κ1) is 55.7. The van der Waals surface area contributed by atoms with Gasteiger partial charge in [0, 0.05) is 65.0 Å². The molecular weight excluding hydrogens is 869 g/mol. The number of carbonyl (C=O) groups is 5. The quantitative estimate of drug-likeness (QED) is 0.169. The molecule has 2 unspecified atom stereocenters. The number of amides is 1. The van der Waals surface area contributed by atoms with Crippen LogP contribution in [0.3, 0.4) is 0 Å². The Balaban J connectivity index is 1.52. The van der Waals surface area contributed by atoms with E-state index in [2.05, 4.69) is 6.92 Å². The average Bonchev–Trinajstić information content (AvgIpc) is 3.89. The molecule has 1 spiro atoms. The standard InChI is InChI=1S/C54H84N2O12/c1-32-16-12-11-13-17-33(2)44(64-8)30-40-20-18-38(7)54(63,68-40)51(61)52(62)56-24-15-14-22-53(56)46(50(53)60)41(34(3)28-39-19-21-43(67-25-23-55)45(29-39)65-9)31-42(57)35(4)27-37(6)48(59)49(66-10)47(58)36(5)26-32/h11-13,16-17,27,32,34-36,38-41,43-46,48-49,59,63H,14-15,18-26,28-31,55H2,1-10H3/b13-11+,16-12+,33-17+,37-27+/t32-,34-,35-,36+,38-,39+,40?,41+,43-,44+,45-,46?,48-,49+,53-,54-/m1/s1. The predicted octanol–water partition coefficient (Wildman–Crippen LogP) is 6.44. The van der Waals surface area contributed by atoms with Gasteiger partial charge < -0.3 is 44.5 Å².